The van der Waals surface area contributed by atoms with Crippen LogP contribution in [0.1, 0.15) is 73.3 Å². The van der Waals surface area contributed by atoms with Crippen LogP contribution in [0, 0.1) is 10.8 Å². The molecular weight excluding hydrogens is 434 g/mol. The number of nitrogens with one attached hydrogen (secondary N) is 1. The monoisotopic (exact) mass is 477 g/mol. The molecule has 1 unspecified atom stereocenters. The molecular formula is C26H43NO5Si. The fourth-order valence-corrected chi connectivity index (χ4v) is 4.68. The summed E-state index contributed by atoms with van der Waals surface area (Å²) in [5.74, 6) is -0.239. The zero-order valence-electron chi connectivity index (χ0n) is 21.9. The molecule has 0 aromatic heterocycles. The predicted molar refractivity (Wildman–Crippen MR) is 133 cm³/mol. The molecule has 1 aliphatic rings. The van der Waals surface area contributed by atoms with E-state index in [0.29, 0.717) is 6.42 Å². The first-order valence-corrected chi connectivity index (χ1v) is 14.9. The van der Waals surface area contributed by atoms with Gasteiger partial charge in [-0.1, -0.05) is 78.8 Å². The number of benzene rings is 1. The van der Waals surface area contributed by atoms with Gasteiger partial charge < -0.3 is 19.2 Å². The summed E-state index contributed by atoms with van der Waals surface area (Å²) in [5, 5.41) is 2.81. The Bertz CT molecular complexity index is 806. The highest BCUT2D eigenvalue weighted by Crippen LogP contribution is 2.59. The van der Waals surface area contributed by atoms with E-state index in [2.05, 4.69) is 60.0 Å². The molecule has 186 valence electrons. The van der Waals surface area contributed by atoms with Gasteiger partial charge in [0.15, 0.2) is 8.32 Å². The molecule has 2 atom stereocenters. The van der Waals surface area contributed by atoms with Gasteiger partial charge >= 0.3 is 12.1 Å². The fraction of sp³-hybridized carbons (Fsp3) is 0.692. The molecule has 33 heavy (non-hydrogen) atoms. The van der Waals surface area contributed by atoms with Gasteiger partial charge in [-0.25, -0.2) is 4.79 Å². The summed E-state index contributed by atoms with van der Waals surface area (Å²) in [6, 6.07) is 9.00. The maximum absolute atomic E-state index is 13.3. The Morgan fingerprint density at radius 3 is 2.09 bits per heavy atom. The van der Waals surface area contributed by atoms with Gasteiger partial charge in [0.1, 0.15) is 6.61 Å². The molecule has 1 aliphatic carbocycles. The van der Waals surface area contributed by atoms with Crippen molar-refractivity contribution in [1.29, 1.82) is 0 Å². The number of hydrogen-bond donors (Lipinski definition) is 1. The minimum absolute atomic E-state index is 0.0783. The van der Waals surface area contributed by atoms with Crippen LogP contribution < -0.4 is 5.32 Å². The summed E-state index contributed by atoms with van der Waals surface area (Å²) in [6.07, 6.45) is 0.738. The zero-order chi connectivity index (χ0) is 25.1. The second-order valence-corrected chi connectivity index (χ2v) is 16.5. The molecule has 0 spiro atoms. The van der Waals surface area contributed by atoms with Crippen LogP contribution >= 0.6 is 0 Å². The Morgan fingerprint density at radius 1 is 1.06 bits per heavy atom. The second kappa shape index (κ2) is 10.2. The van der Waals surface area contributed by atoms with Crippen molar-refractivity contribution in [1.82, 2.24) is 5.32 Å². The van der Waals surface area contributed by atoms with Gasteiger partial charge in [-0.3, -0.25) is 4.79 Å². The standard InChI is InChI=1S/C26H43NO5Si/c1-10-20(27-23(29)30-18-19-14-12-11-13-15-19)21(32-33(8,9)25(5,6)7)31-22(28)26(16-17-26)24(2,3)4/h11-15,20-21H,10,16-18H2,1-9H3,(H,27,29)/t20-,21?/m0/s1. The van der Waals surface area contributed by atoms with Crippen molar-refractivity contribution in [2.45, 2.75) is 105 Å². The van der Waals surface area contributed by atoms with Gasteiger partial charge in [0.2, 0.25) is 6.29 Å². The number of esters is 1. The zero-order valence-corrected chi connectivity index (χ0v) is 22.9. The first-order chi connectivity index (χ1) is 15.1. The van der Waals surface area contributed by atoms with Crippen molar-refractivity contribution >= 4 is 20.4 Å². The first-order valence-electron chi connectivity index (χ1n) is 12.0. The molecule has 0 aliphatic heterocycles. The second-order valence-electron chi connectivity index (χ2n) is 11.7. The summed E-state index contributed by atoms with van der Waals surface area (Å²) in [6.45, 7) is 19.0. The third-order valence-corrected chi connectivity index (χ3v) is 11.7. The average molecular weight is 478 g/mol. The molecule has 7 heteroatoms. The van der Waals surface area contributed by atoms with Crippen LogP contribution in [0.25, 0.3) is 0 Å². The Hall–Kier alpha value is -1.86. The number of amides is 1. The lowest BCUT2D eigenvalue weighted by Gasteiger charge is -2.41. The van der Waals surface area contributed by atoms with Gasteiger partial charge in [-0.2, -0.15) is 0 Å². The molecule has 0 radical (unpaired) electrons. The summed E-state index contributed by atoms with van der Waals surface area (Å²) in [7, 11) is -2.29. The Morgan fingerprint density at radius 2 is 1.64 bits per heavy atom. The number of carbonyl (C=O) groups excluding carboxylic acids is 2. The minimum Gasteiger partial charge on any atom is -0.445 e. The van der Waals surface area contributed by atoms with E-state index in [-0.39, 0.29) is 23.0 Å². The molecule has 1 aromatic rings. The molecule has 1 amide bonds. The third kappa shape index (κ3) is 6.82. The van der Waals surface area contributed by atoms with E-state index in [1.807, 2.05) is 37.3 Å². The normalized spacial score (nSPS) is 17.6. The van der Waals surface area contributed by atoms with Crippen molar-refractivity contribution in [2.24, 2.45) is 10.8 Å². The summed E-state index contributed by atoms with van der Waals surface area (Å²) in [5.41, 5.74) is 0.214. The number of rotatable bonds is 9. The quantitative estimate of drug-likeness (QED) is 0.253. The summed E-state index contributed by atoms with van der Waals surface area (Å²) in [4.78, 5) is 25.9. The Kier molecular flexibility index (Phi) is 8.45. The molecule has 0 saturated heterocycles. The lowest BCUT2D eigenvalue weighted by Crippen LogP contribution is -2.54. The lowest BCUT2D eigenvalue weighted by atomic mass is 9.77. The van der Waals surface area contributed by atoms with Crippen LogP contribution in [0.5, 0.6) is 0 Å². The van der Waals surface area contributed by atoms with Gasteiger partial charge in [0.25, 0.3) is 0 Å². The smallest absolute Gasteiger partial charge is 0.407 e. The highest BCUT2D eigenvalue weighted by Gasteiger charge is 2.60. The van der Waals surface area contributed by atoms with E-state index in [1.165, 1.54) is 0 Å². The summed E-state index contributed by atoms with van der Waals surface area (Å²) < 4.78 is 18.0. The fourth-order valence-electron chi connectivity index (χ4n) is 3.54. The highest BCUT2D eigenvalue weighted by molar-refractivity contribution is 6.74. The van der Waals surface area contributed by atoms with Crippen molar-refractivity contribution in [3.8, 4) is 0 Å². The Balaban J connectivity index is 2.17. The van der Waals surface area contributed by atoms with Crippen LogP contribution in [0.2, 0.25) is 18.1 Å². The van der Waals surface area contributed by atoms with Crippen LogP contribution in [0.3, 0.4) is 0 Å². The lowest BCUT2D eigenvalue weighted by molar-refractivity contribution is -0.180. The Labute approximate surface area is 200 Å². The molecule has 6 nitrogen and oxygen atoms in total. The molecule has 1 saturated carbocycles. The van der Waals surface area contributed by atoms with E-state index in [9.17, 15) is 9.59 Å². The van der Waals surface area contributed by atoms with Crippen LogP contribution in [0.15, 0.2) is 30.3 Å². The molecule has 1 N–H and O–H groups in total. The largest absolute Gasteiger partial charge is 0.445 e. The average Bonchev–Trinajstić information content (AvgIpc) is 3.52. The van der Waals surface area contributed by atoms with Crippen molar-refractivity contribution < 1.29 is 23.5 Å². The van der Waals surface area contributed by atoms with Crippen molar-refractivity contribution in [3.63, 3.8) is 0 Å². The third-order valence-electron chi connectivity index (χ3n) is 7.30. The minimum atomic E-state index is -2.29. The number of hydrogen-bond acceptors (Lipinski definition) is 5. The molecule has 0 bridgehead atoms. The van der Waals surface area contributed by atoms with Crippen LogP contribution in [-0.4, -0.2) is 32.7 Å². The van der Waals surface area contributed by atoms with Crippen molar-refractivity contribution in [2.75, 3.05) is 0 Å². The summed E-state index contributed by atoms with van der Waals surface area (Å²) >= 11 is 0. The van der Waals surface area contributed by atoms with E-state index in [1.54, 1.807) is 0 Å². The number of alkyl carbamates (subject to hydrolysis) is 1. The van der Waals surface area contributed by atoms with E-state index < -0.39 is 32.2 Å². The maximum atomic E-state index is 13.3. The van der Waals surface area contributed by atoms with Crippen LogP contribution in [0.4, 0.5) is 4.79 Å². The van der Waals surface area contributed by atoms with Gasteiger partial charge in [0.05, 0.1) is 11.5 Å². The molecule has 0 heterocycles. The predicted octanol–water partition coefficient (Wildman–Crippen LogP) is 6.41. The first kappa shape index (κ1) is 27.4. The SMILES string of the molecule is CC[C@H](NC(=O)OCc1ccccc1)C(OC(=O)C1(C(C)(C)C)CC1)O[Si](C)(C)C(C)(C)C. The topological polar surface area (TPSA) is 73.9 Å². The molecule has 1 aromatic carbocycles. The number of carbonyl (C=O) groups is 2. The van der Waals surface area contributed by atoms with E-state index in [4.69, 9.17) is 13.9 Å². The van der Waals surface area contributed by atoms with Gasteiger partial charge in [-0.05, 0) is 48.4 Å². The van der Waals surface area contributed by atoms with Crippen LogP contribution in [-0.2, 0) is 25.3 Å². The highest BCUT2D eigenvalue weighted by atomic mass is 28.4. The van der Waals surface area contributed by atoms with Gasteiger partial charge in [0, 0.05) is 0 Å². The molecule has 2 rings (SSSR count). The maximum Gasteiger partial charge on any atom is 0.407 e. The number of ether oxygens (including phenoxy) is 2. The van der Waals surface area contributed by atoms with E-state index >= 15 is 0 Å². The van der Waals surface area contributed by atoms with Gasteiger partial charge in [-0.15, -0.1) is 0 Å². The molecule has 1 fully saturated rings. The van der Waals surface area contributed by atoms with E-state index in [0.717, 1.165) is 18.4 Å². The van der Waals surface area contributed by atoms with Crippen molar-refractivity contribution in [3.05, 3.63) is 35.9 Å².